The van der Waals surface area contributed by atoms with E-state index in [1.54, 1.807) is 30.5 Å². The standard InChI is InChI=1S/C72H77N5O2/c1-67(2,3)46-33-38-73-61(41-46)77-58-28-18-15-23-51(58)62-59(77)43-60(65-64(62)76-66(79-65)68(4,5)6)78-48-22-19-21-47(42-48)74-56-26-16-17-27-57(56)75-63-49(44-29-31-52-54(39-44)71(11,12)36-34-69(52,7)8)24-20-25-50(63)45-30-32-53-55(40-45)72(13,14)37-35-70(53,9)10/h15-33,38-43,74-75H,34-37H2,1-14H3/i7D3,8D3,9D3,10D3,11D3,12D3,13D3,14D3,29D,30D,31D,32D,34D2,35D2,36D2,37D2,39D,40D. The first kappa shape index (κ1) is 24.4. The first-order valence-electron chi connectivity index (χ1n) is 44.2. The number of hydrogen-bond acceptors (Lipinski definition) is 6. The molecule has 0 atom stereocenters. The second kappa shape index (κ2) is 18.5. The van der Waals surface area contributed by atoms with Gasteiger partial charge in [-0.05, 0) is 134 Å². The number of aromatic nitrogens is 3. The Balaban J connectivity index is 1.17. The van der Waals surface area contributed by atoms with Crippen LogP contribution in [0.5, 0.6) is 11.5 Å². The summed E-state index contributed by atoms with van der Waals surface area (Å²) in [7, 11) is 0. The molecule has 0 amide bonds. The van der Waals surface area contributed by atoms with Crippen LogP contribution in [-0.2, 0) is 32.5 Å². The van der Waals surface area contributed by atoms with Gasteiger partial charge in [-0.25, -0.2) is 9.97 Å². The zero-order valence-corrected chi connectivity index (χ0v) is 43.6. The van der Waals surface area contributed by atoms with Gasteiger partial charge in [0.2, 0.25) is 5.89 Å². The highest BCUT2D eigenvalue weighted by molar-refractivity contribution is 6.20. The van der Waals surface area contributed by atoms with Crippen molar-refractivity contribution in [1.82, 2.24) is 14.5 Å². The first-order valence-corrected chi connectivity index (χ1v) is 25.2. The van der Waals surface area contributed by atoms with E-state index < -0.39 is 194 Å². The van der Waals surface area contributed by atoms with Gasteiger partial charge in [-0.2, -0.15) is 0 Å². The number of para-hydroxylation sites is 4. The van der Waals surface area contributed by atoms with Gasteiger partial charge in [-0.3, -0.25) is 4.57 Å². The molecule has 2 N–H and O–H groups in total. The van der Waals surface area contributed by atoms with Crippen molar-refractivity contribution in [3.05, 3.63) is 185 Å². The van der Waals surface area contributed by atoms with Crippen molar-refractivity contribution in [2.45, 2.75) is 154 Å². The van der Waals surface area contributed by atoms with E-state index in [-0.39, 0.29) is 39.6 Å². The second-order valence-corrected chi connectivity index (χ2v) is 21.9. The van der Waals surface area contributed by atoms with E-state index in [9.17, 15) is 19.2 Å². The van der Waals surface area contributed by atoms with Crippen molar-refractivity contribution >= 4 is 55.7 Å². The van der Waals surface area contributed by atoms with Crippen LogP contribution in [0.15, 0.2) is 156 Å². The molecule has 0 bridgehead atoms. The van der Waals surface area contributed by atoms with Crippen LogP contribution in [0, 0.1) is 0 Å². The molecule has 0 fully saturated rings. The number of rotatable bonds is 9. The molecule has 7 nitrogen and oxygen atoms in total. The molecule has 3 heterocycles. The maximum atomic E-state index is 10.3. The predicted molar refractivity (Wildman–Crippen MR) is 331 cm³/mol. The van der Waals surface area contributed by atoms with Crippen LogP contribution < -0.4 is 15.4 Å². The zero-order chi connectivity index (χ0) is 88.0. The van der Waals surface area contributed by atoms with Gasteiger partial charge < -0.3 is 19.8 Å². The van der Waals surface area contributed by atoms with Crippen LogP contribution in [0.25, 0.3) is 61.0 Å². The second-order valence-electron chi connectivity index (χ2n) is 21.9. The molecule has 0 radical (unpaired) electrons. The molecule has 79 heavy (non-hydrogen) atoms. The SMILES string of the molecule is [2H]c1c([2H])c2c(c([2H])c1-c1cccc(-c3c([2H])c([2H])c4c(c3[2H])C(C([2H])([2H])[2H])(C([2H])([2H])[2H])C([2H])([2H])C([2H])([2H])C4(C([2H])([2H])[2H])C([2H])([2H])[2H])c1Nc1ccccc1Nc1cccc(Oc3cc4c(c5ccccc5n4-c4cc(C(C)(C)C)ccn4)c4nc(C(C)(C)C)oc34)c1)C(C([2H])([2H])[2H])(C([2H])([2H])[2H])C([2H])([2H])C([2H])([2H])C2(C([2H])([2H])[2H])C([2H])([2H])[2H]. The lowest BCUT2D eigenvalue weighted by molar-refractivity contribution is 0.332. The normalized spacial score (nSPS) is 27.3. The summed E-state index contributed by atoms with van der Waals surface area (Å²) >= 11 is 0. The Morgan fingerprint density at radius 1 is 0.608 bits per heavy atom. The van der Waals surface area contributed by atoms with E-state index in [2.05, 4.69) is 31.4 Å². The number of oxazole rings is 1. The molecule has 3 aromatic heterocycles. The van der Waals surface area contributed by atoms with Crippen LogP contribution in [0.2, 0.25) is 0 Å². The summed E-state index contributed by atoms with van der Waals surface area (Å²) < 4.78 is 366. The van der Waals surface area contributed by atoms with E-state index in [0.717, 1.165) is 34.7 Å². The van der Waals surface area contributed by atoms with Crippen molar-refractivity contribution in [3.63, 3.8) is 0 Å². The molecule has 7 heteroatoms. The predicted octanol–water partition coefficient (Wildman–Crippen LogP) is 20.2. The van der Waals surface area contributed by atoms with Gasteiger partial charge in [-0.15, -0.1) is 0 Å². The third-order valence-corrected chi connectivity index (χ3v) is 13.9. The summed E-state index contributed by atoms with van der Waals surface area (Å²) in [5, 5.41) is 7.72. The number of nitrogens with one attached hydrogen (secondary N) is 2. The number of pyridine rings is 1. The smallest absolute Gasteiger partial charge is 0.201 e. The van der Waals surface area contributed by atoms with Gasteiger partial charge in [0, 0.05) is 95.2 Å². The molecule has 0 saturated heterocycles. The van der Waals surface area contributed by atoms with Crippen molar-refractivity contribution in [3.8, 4) is 39.6 Å². The Hall–Kier alpha value is -7.64. The number of anilines is 4. The number of hydrogen-bond donors (Lipinski definition) is 2. The van der Waals surface area contributed by atoms with Crippen LogP contribution in [0.3, 0.4) is 0 Å². The van der Waals surface area contributed by atoms with Crippen LogP contribution in [0.1, 0.15) is 208 Å². The Morgan fingerprint density at radius 2 is 1.19 bits per heavy atom. The summed E-state index contributed by atoms with van der Waals surface area (Å²) in [5.74, 6) is 1.22. The molecule has 0 aliphatic heterocycles. The van der Waals surface area contributed by atoms with Crippen LogP contribution in [0.4, 0.5) is 22.7 Å². The molecular weight excluding hydrogens is 967 g/mol. The lowest BCUT2D eigenvalue weighted by atomic mass is 9.62. The molecule has 10 aromatic rings. The van der Waals surface area contributed by atoms with Crippen molar-refractivity contribution in [2.24, 2.45) is 0 Å². The number of nitrogens with zero attached hydrogens (tertiary/aromatic N) is 3. The fraction of sp³-hybridized carbons (Fsp3) is 0.333. The minimum atomic E-state index is -4.85. The molecule has 0 saturated carbocycles. The summed E-state index contributed by atoms with van der Waals surface area (Å²) in [6.45, 7) is -24.4. The average molecular weight is 1080 g/mol. The van der Waals surface area contributed by atoms with Gasteiger partial charge in [0.25, 0.3) is 0 Å². The van der Waals surface area contributed by atoms with E-state index in [4.69, 9.17) is 52.0 Å². The monoisotopic (exact) mass is 1080 g/mol. The topological polar surface area (TPSA) is 77.1 Å². The molecule has 0 spiro atoms. The molecule has 2 aliphatic carbocycles. The van der Waals surface area contributed by atoms with E-state index in [1.807, 2.05) is 61.7 Å². The zero-order valence-electron chi connectivity index (χ0n) is 81.6. The number of ether oxygens (including phenoxy) is 1. The Labute approximate surface area is 521 Å². The van der Waals surface area contributed by atoms with Gasteiger partial charge in [-0.1, -0.05) is 187 Å². The van der Waals surface area contributed by atoms with E-state index in [1.165, 1.54) is 30.3 Å². The van der Waals surface area contributed by atoms with Crippen LogP contribution >= 0.6 is 0 Å². The number of fused-ring (bicyclic) bond motifs is 7. The average Bonchev–Trinajstić information content (AvgIpc) is 0.740. The van der Waals surface area contributed by atoms with Gasteiger partial charge in [0.1, 0.15) is 17.1 Å². The van der Waals surface area contributed by atoms with E-state index >= 15 is 0 Å². The van der Waals surface area contributed by atoms with Gasteiger partial charge >= 0.3 is 0 Å². The summed E-state index contributed by atoms with van der Waals surface area (Å²) in [6.07, 6.45) is -17.6. The Bertz CT molecular complexity index is 5480. The first-order chi connectivity index (χ1) is 53.0. The minimum Gasteiger partial charge on any atom is -0.453 e. The summed E-state index contributed by atoms with van der Waals surface area (Å²) in [5.41, 5.74) is -29.8. The van der Waals surface area contributed by atoms with Gasteiger partial charge in [0.15, 0.2) is 11.3 Å². The fourth-order valence-electron chi connectivity index (χ4n) is 9.83. The highest BCUT2D eigenvalue weighted by Crippen LogP contribution is 2.51. The lowest BCUT2D eigenvalue weighted by Crippen LogP contribution is -2.33. The van der Waals surface area contributed by atoms with E-state index in [0.29, 0.717) is 28.1 Å². The quantitative estimate of drug-likeness (QED) is 0.150. The van der Waals surface area contributed by atoms with Crippen molar-refractivity contribution < 1.29 is 61.2 Å². The third-order valence-electron chi connectivity index (χ3n) is 13.9. The summed E-state index contributed by atoms with van der Waals surface area (Å²) in [4.78, 5) is 9.93. The molecule has 12 rings (SSSR count). The molecule has 402 valence electrons. The minimum absolute atomic E-state index is 0.0647. The third kappa shape index (κ3) is 9.27. The van der Waals surface area contributed by atoms with Crippen LogP contribution in [-0.4, -0.2) is 14.5 Å². The highest BCUT2D eigenvalue weighted by atomic mass is 16.5. The maximum absolute atomic E-state index is 10.3. The van der Waals surface area contributed by atoms with Crippen molar-refractivity contribution in [2.75, 3.05) is 10.6 Å². The largest absolute Gasteiger partial charge is 0.453 e. The summed E-state index contributed by atoms with van der Waals surface area (Å²) in [6, 6.07) is 17.3. The van der Waals surface area contributed by atoms with Gasteiger partial charge in [0.05, 0.1) is 36.3 Å². The fourth-order valence-corrected chi connectivity index (χ4v) is 9.83. The Kier molecular flexibility index (Phi) is 5.70. The number of benzene rings is 7. The Morgan fingerprint density at radius 3 is 1.80 bits per heavy atom. The van der Waals surface area contributed by atoms with Crippen molar-refractivity contribution in [1.29, 1.82) is 0 Å². The lowest BCUT2D eigenvalue weighted by Gasteiger charge is -2.42. The maximum Gasteiger partial charge on any atom is 0.201 e. The molecule has 0 unspecified atom stereocenters. The highest BCUT2D eigenvalue weighted by Gasteiger charge is 2.39. The molecule has 7 aromatic carbocycles. The molecule has 2 aliphatic rings. The molecular formula is C72H77N5O2.